The van der Waals surface area contributed by atoms with E-state index >= 15 is 0 Å². The SMILES string of the molecule is CC1N(C)c2ccc(C=Nc3sc4c(c3C#N)CCC4)cc2C1(C)C. The Hall–Kier alpha value is -2.12. The molecular weight excluding hydrogens is 326 g/mol. The summed E-state index contributed by atoms with van der Waals surface area (Å²) >= 11 is 1.69. The first-order chi connectivity index (χ1) is 11.9. The summed E-state index contributed by atoms with van der Waals surface area (Å²) in [4.78, 5) is 8.39. The molecule has 4 heteroatoms. The maximum Gasteiger partial charge on any atom is 0.134 e. The number of rotatable bonds is 2. The molecule has 1 aliphatic heterocycles. The Kier molecular flexibility index (Phi) is 3.73. The van der Waals surface area contributed by atoms with Crippen LogP contribution in [0.2, 0.25) is 0 Å². The fourth-order valence-electron chi connectivity index (χ4n) is 4.10. The average Bonchev–Trinajstić information content (AvgIpc) is 3.22. The number of thiophene rings is 1. The van der Waals surface area contributed by atoms with Crippen molar-refractivity contribution in [2.45, 2.75) is 51.5 Å². The van der Waals surface area contributed by atoms with Crippen molar-refractivity contribution in [3.05, 3.63) is 45.3 Å². The summed E-state index contributed by atoms with van der Waals surface area (Å²) in [6, 6.07) is 9.42. The van der Waals surface area contributed by atoms with E-state index in [4.69, 9.17) is 0 Å². The second kappa shape index (κ2) is 5.71. The molecule has 128 valence electrons. The van der Waals surface area contributed by atoms with Crippen LogP contribution in [0.4, 0.5) is 10.7 Å². The van der Waals surface area contributed by atoms with Gasteiger partial charge in [0, 0.05) is 35.3 Å². The zero-order valence-electron chi connectivity index (χ0n) is 15.3. The second-order valence-electron chi connectivity index (χ2n) is 7.69. The largest absolute Gasteiger partial charge is 0.371 e. The summed E-state index contributed by atoms with van der Waals surface area (Å²) < 4.78 is 0. The fourth-order valence-corrected chi connectivity index (χ4v) is 5.29. The Bertz CT molecular complexity index is 914. The molecule has 0 saturated heterocycles. The first-order valence-corrected chi connectivity index (χ1v) is 9.71. The van der Waals surface area contributed by atoms with Crippen LogP contribution in [0.1, 0.15) is 54.3 Å². The molecular formula is C21H23N3S. The molecule has 0 saturated carbocycles. The molecule has 2 aromatic rings. The van der Waals surface area contributed by atoms with Gasteiger partial charge in [-0.3, -0.25) is 0 Å². The van der Waals surface area contributed by atoms with Crippen LogP contribution in [0.15, 0.2) is 23.2 Å². The Morgan fingerprint density at radius 1 is 1.36 bits per heavy atom. The summed E-state index contributed by atoms with van der Waals surface area (Å²) in [6.45, 7) is 6.89. The third kappa shape index (κ3) is 2.41. The lowest BCUT2D eigenvalue weighted by Gasteiger charge is -2.28. The monoisotopic (exact) mass is 349 g/mol. The van der Waals surface area contributed by atoms with Crippen LogP contribution >= 0.6 is 11.3 Å². The molecule has 4 rings (SSSR count). The van der Waals surface area contributed by atoms with E-state index in [-0.39, 0.29) is 5.41 Å². The Labute approximate surface area is 153 Å². The Balaban J connectivity index is 1.69. The normalized spacial score (nSPS) is 20.8. The van der Waals surface area contributed by atoms with E-state index in [2.05, 4.69) is 62.0 Å². The molecule has 1 aromatic heterocycles. The summed E-state index contributed by atoms with van der Waals surface area (Å²) in [5.74, 6) is 0. The van der Waals surface area contributed by atoms with Crippen LogP contribution in [0.3, 0.4) is 0 Å². The molecule has 25 heavy (non-hydrogen) atoms. The number of hydrogen-bond donors (Lipinski definition) is 0. The topological polar surface area (TPSA) is 39.4 Å². The average molecular weight is 350 g/mol. The van der Waals surface area contributed by atoms with E-state index in [9.17, 15) is 5.26 Å². The van der Waals surface area contributed by atoms with Crippen LogP contribution < -0.4 is 4.90 Å². The van der Waals surface area contributed by atoms with Gasteiger partial charge >= 0.3 is 0 Å². The first kappa shape index (κ1) is 16.4. The van der Waals surface area contributed by atoms with Gasteiger partial charge < -0.3 is 4.90 Å². The van der Waals surface area contributed by atoms with Crippen molar-refractivity contribution in [3.8, 4) is 6.07 Å². The highest BCUT2D eigenvalue weighted by Crippen LogP contribution is 2.44. The highest BCUT2D eigenvalue weighted by atomic mass is 32.1. The van der Waals surface area contributed by atoms with Crippen molar-refractivity contribution in [1.29, 1.82) is 5.26 Å². The number of nitriles is 1. The Morgan fingerprint density at radius 3 is 2.92 bits per heavy atom. The van der Waals surface area contributed by atoms with Crippen molar-refractivity contribution in [1.82, 2.24) is 0 Å². The third-order valence-corrected chi connectivity index (χ3v) is 7.27. The number of aliphatic imine (C=N–C) groups is 1. The van der Waals surface area contributed by atoms with E-state index in [0.717, 1.165) is 29.0 Å². The van der Waals surface area contributed by atoms with Crippen molar-refractivity contribution in [2.24, 2.45) is 4.99 Å². The van der Waals surface area contributed by atoms with Crippen molar-refractivity contribution in [2.75, 3.05) is 11.9 Å². The lowest BCUT2D eigenvalue weighted by molar-refractivity contribution is 0.454. The highest BCUT2D eigenvalue weighted by Gasteiger charge is 2.40. The number of hydrogen-bond acceptors (Lipinski definition) is 4. The maximum absolute atomic E-state index is 9.50. The van der Waals surface area contributed by atoms with E-state index in [1.807, 2.05) is 6.21 Å². The molecule has 1 atom stereocenters. The molecule has 2 heterocycles. The molecule has 0 radical (unpaired) electrons. The molecule has 1 unspecified atom stereocenters. The van der Waals surface area contributed by atoms with E-state index in [1.54, 1.807) is 11.3 Å². The third-order valence-electron chi connectivity index (χ3n) is 6.07. The van der Waals surface area contributed by atoms with Gasteiger partial charge in [0.05, 0.1) is 5.56 Å². The lowest BCUT2D eigenvalue weighted by atomic mass is 9.81. The molecule has 0 N–H and O–H groups in total. The van der Waals surface area contributed by atoms with Crippen molar-refractivity contribution < 1.29 is 0 Å². The minimum atomic E-state index is 0.121. The van der Waals surface area contributed by atoms with Gasteiger partial charge in [-0.25, -0.2) is 4.99 Å². The summed E-state index contributed by atoms with van der Waals surface area (Å²) in [5.41, 5.74) is 5.94. The van der Waals surface area contributed by atoms with Gasteiger partial charge in [0.15, 0.2) is 0 Å². The van der Waals surface area contributed by atoms with Crippen LogP contribution in [0.5, 0.6) is 0 Å². The number of benzene rings is 1. The van der Waals surface area contributed by atoms with Crippen LogP contribution in [-0.4, -0.2) is 19.3 Å². The van der Waals surface area contributed by atoms with Gasteiger partial charge in [-0.05, 0) is 55.0 Å². The quantitative estimate of drug-likeness (QED) is 0.718. The standard InChI is InChI=1S/C21H23N3S/c1-13-21(2,3)17-10-14(8-9-18(17)24(13)4)12-23-20-16(11-22)15-6-5-7-19(15)25-20/h8-10,12-13H,5-7H2,1-4H3. The molecule has 2 aliphatic rings. The van der Waals surface area contributed by atoms with Crippen molar-refractivity contribution in [3.63, 3.8) is 0 Å². The second-order valence-corrected chi connectivity index (χ2v) is 8.78. The zero-order chi connectivity index (χ0) is 17.8. The van der Waals surface area contributed by atoms with Gasteiger partial charge in [0.1, 0.15) is 11.1 Å². The maximum atomic E-state index is 9.50. The minimum Gasteiger partial charge on any atom is -0.371 e. The number of aryl methyl sites for hydroxylation is 1. The Morgan fingerprint density at radius 2 is 2.16 bits per heavy atom. The number of likely N-dealkylation sites (N-methyl/N-ethyl adjacent to an activating group) is 1. The summed E-state index contributed by atoms with van der Waals surface area (Å²) in [6.07, 6.45) is 5.22. The van der Waals surface area contributed by atoms with Gasteiger partial charge in [-0.15, -0.1) is 11.3 Å². The van der Waals surface area contributed by atoms with E-state index < -0.39 is 0 Å². The van der Waals surface area contributed by atoms with E-state index in [0.29, 0.717) is 6.04 Å². The van der Waals surface area contributed by atoms with Crippen molar-refractivity contribution >= 4 is 28.2 Å². The summed E-state index contributed by atoms with van der Waals surface area (Å²) in [7, 11) is 2.17. The number of fused-ring (bicyclic) bond motifs is 2. The van der Waals surface area contributed by atoms with Crippen LogP contribution in [0.25, 0.3) is 0 Å². The fraction of sp³-hybridized carbons (Fsp3) is 0.429. The molecule has 0 fully saturated rings. The predicted octanol–water partition coefficient (Wildman–Crippen LogP) is 4.97. The highest BCUT2D eigenvalue weighted by molar-refractivity contribution is 7.16. The van der Waals surface area contributed by atoms with Crippen LogP contribution in [-0.2, 0) is 18.3 Å². The van der Waals surface area contributed by atoms with E-state index in [1.165, 1.54) is 28.1 Å². The molecule has 3 nitrogen and oxygen atoms in total. The molecule has 1 aromatic carbocycles. The molecule has 0 amide bonds. The minimum absolute atomic E-state index is 0.121. The van der Waals surface area contributed by atoms with Gasteiger partial charge in [-0.1, -0.05) is 19.9 Å². The predicted molar refractivity (Wildman–Crippen MR) is 106 cm³/mol. The lowest BCUT2D eigenvalue weighted by Crippen LogP contribution is -2.36. The van der Waals surface area contributed by atoms with Gasteiger partial charge in [0.2, 0.25) is 0 Å². The molecule has 0 bridgehead atoms. The molecule has 1 aliphatic carbocycles. The zero-order valence-corrected chi connectivity index (χ0v) is 16.1. The number of nitrogens with zero attached hydrogens (tertiary/aromatic N) is 3. The van der Waals surface area contributed by atoms with Crippen LogP contribution in [0, 0.1) is 11.3 Å². The first-order valence-electron chi connectivity index (χ1n) is 8.89. The van der Waals surface area contributed by atoms with Gasteiger partial charge in [0.25, 0.3) is 0 Å². The number of anilines is 1. The molecule has 0 spiro atoms. The van der Waals surface area contributed by atoms with Gasteiger partial charge in [-0.2, -0.15) is 5.26 Å². The smallest absolute Gasteiger partial charge is 0.134 e. The summed E-state index contributed by atoms with van der Waals surface area (Å²) in [5, 5.41) is 10.4.